The molecule has 0 radical (unpaired) electrons. The molecular weight excluding hydrogens is 751 g/mol. The molecule has 0 saturated carbocycles. The number of carbonyl (C=O) groups excluding carboxylic acids is 1. The van der Waals surface area contributed by atoms with Gasteiger partial charge in [-0.15, -0.1) is 0 Å². The van der Waals surface area contributed by atoms with Gasteiger partial charge in [-0.1, -0.05) is 135 Å². The number of nitrogens with zero attached hydrogens (tertiary/aromatic N) is 4. The number of thioether (sulfide) groups is 1. The summed E-state index contributed by atoms with van der Waals surface area (Å²) >= 11 is 2.84. The molecule has 0 N–H and O–H groups in total. The summed E-state index contributed by atoms with van der Waals surface area (Å²) in [6, 6.07) is 34.4. The number of halogens is 2. The topological polar surface area (TPSA) is 67.3 Å². The number of aromatic nitrogens is 1. The van der Waals surface area contributed by atoms with Crippen LogP contribution in [0.25, 0.3) is 0 Å². The summed E-state index contributed by atoms with van der Waals surface area (Å²) in [4.78, 5) is 19.9. The van der Waals surface area contributed by atoms with Gasteiger partial charge in [0.25, 0.3) is 8.32 Å². The minimum absolute atomic E-state index is 0.0816. The van der Waals surface area contributed by atoms with Crippen molar-refractivity contribution in [1.29, 1.82) is 0 Å². The van der Waals surface area contributed by atoms with Gasteiger partial charge in [0.05, 0.1) is 12.2 Å². The highest BCUT2D eigenvalue weighted by Gasteiger charge is 2.53. The first-order chi connectivity index (χ1) is 26.2. The van der Waals surface area contributed by atoms with Crippen LogP contribution in [0.1, 0.15) is 69.7 Å². The highest BCUT2D eigenvalue weighted by molar-refractivity contribution is 8.15. The van der Waals surface area contributed by atoms with Gasteiger partial charge in [-0.2, -0.15) is 5.10 Å². The molecule has 1 unspecified atom stereocenters. The van der Waals surface area contributed by atoms with Crippen molar-refractivity contribution in [3.63, 3.8) is 0 Å². The molecule has 7 nitrogen and oxygen atoms in total. The lowest BCUT2D eigenvalue weighted by Gasteiger charge is -2.44. The molecule has 0 bridgehead atoms. The van der Waals surface area contributed by atoms with Crippen molar-refractivity contribution in [2.75, 3.05) is 18.2 Å². The van der Waals surface area contributed by atoms with Crippen LogP contribution in [-0.4, -0.2) is 48.1 Å². The normalized spacial score (nSPS) is 17.6. The van der Waals surface area contributed by atoms with Crippen LogP contribution in [0, 0.1) is 11.6 Å². The number of fused-ring (bicyclic) bond motifs is 1. The summed E-state index contributed by atoms with van der Waals surface area (Å²) in [5.74, 6) is -1.11. The molecule has 7 rings (SSSR count). The first-order valence-corrected chi connectivity index (χ1v) is 22.0. The molecule has 12 heteroatoms. The lowest BCUT2D eigenvalue weighted by Crippen LogP contribution is -2.66. The van der Waals surface area contributed by atoms with Crippen LogP contribution in [0.4, 0.5) is 18.7 Å². The number of carbonyl (C=O) groups is 1. The molecule has 0 fully saturated rings. The number of hydrogen-bond donors (Lipinski definition) is 0. The van der Waals surface area contributed by atoms with E-state index in [4.69, 9.17) is 19.2 Å². The van der Waals surface area contributed by atoms with Crippen LogP contribution < -0.4 is 15.4 Å². The minimum atomic E-state index is -2.93. The smallest absolute Gasteiger partial charge is 0.410 e. The van der Waals surface area contributed by atoms with Gasteiger partial charge in [0.1, 0.15) is 27.2 Å². The van der Waals surface area contributed by atoms with Gasteiger partial charge in [-0.05, 0) is 59.9 Å². The Bertz CT molecular complexity index is 2140. The van der Waals surface area contributed by atoms with Crippen LogP contribution in [0.15, 0.2) is 114 Å². The summed E-state index contributed by atoms with van der Waals surface area (Å²) in [7, 11) is -2.93. The number of thiazole rings is 1. The highest BCUT2D eigenvalue weighted by atomic mass is 32.2. The zero-order valence-electron chi connectivity index (χ0n) is 32.0. The van der Waals surface area contributed by atoms with Crippen molar-refractivity contribution >= 4 is 58.1 Å². The lowest BCUT2D eigenvalue weighted by molar-refractivity contribution is 0.0225. The maximum Gasteiger partial charge on any atom is 0.410 e. The van der Waals surface area contributed by atoms with E-state index in [0.29, 0.717) is 42.7 Å². The van der Waals surface area contributed by atoms with Gasteiger partial charge in [-0.25, -0.2) is 23.6 Å². The highest BCUT2D eigenvalue weighted by Crippen LogP contribution is 2.53. The number of ether oxygens (including phenoxy) is 1. The van der Waals surface area contributed by atoms with E-state index in [2.05, 4.69) is 69.3 Å². The third-order valence-corrected chi connectivity index (χ3v) is 17.5. The molecule has 5 aromatic rings. The van der Waals surface area contributed by atoms with Crippen molar-refractivity contribution in [2.45, 2.75) is 76.4 Å². The fourth-order valence-corrected chi connectivity index (χ4v) is 14.5. The molecule has 4 aromatic carbocycles. The molecule has 0 saturated heterocycles. The van der Waals surface area contributed by atoms with E-state index in [1.54, 1.807) is 4.90 Å². The number of anilines is 1. The first-order valence-electron chi connectivity index (χ1n) is 18.5. The van der Waals surface area contributed by atoms with Crippen LogP contribution in [0.3, 0.4) is 0 Å². The molecular formula is C43H46F2N4O3S2Si. The van der Waals surface area contributed by atoms with Crippen LogP contribution in [-0.2, 0) is 27.0 Å². The lowest BCUT2D eigenvalue weighted by atomic mass is 10.0. The third-order valence-electron chi connectivity index (χ3n) is 9.91. The Morgan fingerprint density at radius 3 is 2.09 bits per heavy atom. The van der Waals surface area contributed by atoms with Crippen molar-refractivity contribution < 1.29 is 22.7 Å². The Kier molecular flexibility index (Phi) is 10.8. The van der Waals surface area contributed by atoms with E-state index in [-0.39, 0.29) is 16.7 Å². The quantitative estimate of drug-likeness (QED) is 0.139. The number of hydrogen-bond acceptors (Lipinski definition) is 8. The number of amides is 1. The SMILES string of the molecule is CC(C)(C)OC(=O)N1CCc2nc(N3N=C(c4cc(F)ccc4F)SC3(CCO[Si](c3ccccc3)(c3ccccc3)C(C)(C)C)c3ccccc3)sc2C1. The van der Waals surface area contributed by atoms with E-state index in [9.17, 15) is 9.18 Å². The van der Waals surface area contributed by atoms with Gasteiger partial charge < -0.3 is 14.1 Å². The van der Waals surface area contributed by atoms with Gasteiger partial charge in [0.2, 0.25) is 5.13 Å². The van der Waals surface area contributed by atoms with Crippen LogP contribution >= 0.6 is 23.1 Å². The van der Waals surface area contributed by atoms with Crippen LogP contribution in [0.5, 0.6) is 0 Å². The second-order valence-corrected chi connectivity index (χ2v) is 22.5. The summed E-state index contributed by atoms with van der Waals surface area (Å²) < 4.78 is 43.5. The zero-order valence-corrected chi connectivity index (χ0v) is 34.6. The Morgan fingerprint density at radius 1 is 0.873 bits per heavy atom. The van der Waals surface area contributed by atoms with E-state index >= 15 is 4.39 Å². The average Bonchev–Trinajstić information content (AvgIpc) is 3.76. The zero-order chi connectivity index (χ0) is 39.0. The molecule has 1 amide bonds. The maximum atomic E-state index is 15.6. The van der Waals surface area contributed by atoms with Gasteiger partial charge in [0.15, 0.2) is 0 Å². The van der Waals surface area contributed by atoms with Crippen molar-refractivity contribution in [2.24, 2.45) is 5.10 Å². The molecule has 286 valence electrons. The Morgan fingerprint density at radius 2 is 1.49 bits per heavy atom. The molecule has 1 atom stereocenters. The third kappa shape index (κ3) is 7.74. The van der Waals surface area contributed by atoms with E-state index in [1.165, 1.54) is 39.5 Å². The second-order valence-electron chi connectivity index (χ2n) is 15.9. The summed E-state index contributed by atoms with van der Waals surface area (Å²) in [6.07, 6.45) is 0.617. The first kappa shape index (κ1) is 38.9. The Hall–Kier alpha value is -4.36. The molecule has 0 aliphatic carbocycles. The van der Waals surface area contributed by atoms with Crippen LogP contribution in [0.2, 0.25) is 5.04 Å². The summed E-state index contributed by atoms with van der Waals surface area (Å²) in [6.45, 7) is 13.5. The molecule has 55 heavy (non-hydrogen) atoms. The summed E-state index contributed by atoms with van der Waals surface area (Å²) in [5.41, 5.74) is 1.27. The molecule has 2 aliphatic heterocycles. The number of benzene rings is 4. The molecule has 2 aliphatic rings. The van der Waals surface area contributed by atoms with Gasteiger partial charge >= 0.3 is 6.09 Å². The van der Waals surface area contributed by atoms with Crippen molar-refractivity contribution in [1.82, 2.24) is 9.88 Å². The molecule has 1 aromatic heterocycles. The van der Waals surface area contributed by atoms with Gasteiger partial charge in [0, 0.05) is 36.4 Å². The molecule has 0 spiro atoms. The van der Waals surface area contributed by atoms with Gasteiger partial charge in [-0.3, -0.25) is 0 Å². The predicted molar refractivity (Wildman–Crippen MR) is 222 cm³/mol. The minimum Gasteiger partial charge on any atom is -0.444 e. The average molecular weight is 797 g/mol. The summed E-state index contributed by atoms with van der Waals surface area (Å²) in [5, 5.41) is 9.99. The second kappa shape index (κ2) is 15.3. The van der Waals surface area contributed by atoms with Crippen molar-refractivity contribution in [3.05, 3.63) is 143 Å². The predicted octanol–water partition coefficient (Wildman–Crippen LogP) is 9.45. The fraction of sp³-hybridized carbons (Fsp3) is 0.326. The Balaban J connectivity index is 1.32. The van der Waals surface area contributed by atoms with Crippen molar-refractivity contribution in [3.8, 4) is 0 Å². The Labute approximate surface area is 331 Å². The fourth-order valence-electron chi connectivity index (χ4n) is 7.40. The molecule has 3 heterocycles. The monoisotopic (exact) mass is 796 g/mol. The number of rotatable bonds is 9. The van der Waals surface area contributed by atoms with E-state index in [1.807, 2.05) is 68.2 Å². The standard InChI is InChI=1S/C43H46F2N4O3S2Si/c1-41(2,3)52-40(50)48-26-24-36-37(29-48)53-39(46-36)49-43(30-16-10-7-11-17-30,54-38(47-49)34-28-31(44)22-23-35(34)45)25-27-51-55(42(4,5)6,32-18-12-8-13-19-32)33-20-14-9-15-21-33/h7-23,28H,24-27,29H2,1-6H3. The van der Waals surface area contributed by atoms with E-state index < -0.39 is 30.4 Å². The number of hydrazone groups is 1. The van der Waals surface area contributed by atoms with E-state index in [0.717, 1.165) is 28.3 Å². The largest absolute Gasteiger partial charge is 0.444 e. The maximum absolute atomic E-state index is 15.6.